The van der Waals surface area contributed by atoms with Gasteiger partial charge in [0.15, 0.2) is 0 Å². The van der Waals surface area contributed by atoms with E-state index in [2.05, 4.69) is 35.7 Å². The Balaban J connectivity index is 1.39. The van der Waals surface area contributed by atoms with Gasteiger partial charge in [-0.3, -0.25) is 9.59 Å². The Kier molecular flexibility index (Phi) is 5.09. The molecule has 1 N–H and O–H groups in total. The van der Waals surface area contributed by atoms with Gasteiger partial charge in [0, 0.05) is 51.8 Å². The van der Waals surface area contributed by atoms with Crippen LogP contribution in [0.25, 0.3) is 27.0 Å². The van der Waals surface area contributed by atoms with Crippen molar-refractivity contribution in [3.63, 3.8) is 0 Å². The second-order valence-corrected chi connectivity index (χ2v) is 10.2. The zero-order chi connectivity index (χ0) is 23.3. The zero-order valence-corrected chi connectivity index (χ0v) is 19.8. The van der Waals surface area contributed by atoms with Crippen LogP contribution in [0.4, 0.5) is 0 Å². The van der Waals surface area contributed by atoms with Gasteiger partial charge in [-0.25, -0.2) is 0 Å². The SMILES string of the molecule is C=C1CC(NC(=O)c2ccc(-n3nc4c5ccccc5scc-4c3=O)cc2)CC(C)(C)N1C. The number of hydrogen-bond acceptors (Lipinski definition) is 5. The Morgan fingerprint density at radius 2 is 1.91 bits per heavy atom. The molecule has 3 aliphatic heterocycles. The predicted molar refractivity (Wildman–Crippen MR) is 133 cm³/mol. The summed E-state index contributed by atoms with van der Waals surface area (Å²) in [6, 6.07) is 15.0. The second-order valence-electron chi connectivity index (χ2n) is 9.27. The fraction of sp³-hybridized carbons (Fsp3) is 0.269. The van der Waals surface area contributed by atoms with E-state index < -0.39 is 0 Å². The molecule has 2 aromatic rings. The van der Waals surface area contributed by atoms with E-state index in [1.807, 2.05) is 36.7 Å². The van der Waals surface area contributed by atoms with Gasteiger partial charge in [0.05, 0.1) is 11.3 Å². The molecule has 0 aromatic heterocycles. The van der Waals surface area contributed by atoms with Crippen LogP contribution in [0.5, 0.6) is 0 Å². The maximum atomic E-state index is 13.0. The van der Waals surface area contributed by atoms with Crippen molar-refractivity contribution in [3.8, 4) is 16.9 Å². The Bertz CT molecular complexity index is 1400. The lowest BCUT2D eigenvalue weighted by atomic mass is 9.86. The number of benzene rings is 2. The molecule has 1 atom stereocenters. The summed E-state index contributed by atoms with van der Waals surface area (Å²) in [5, 5.41) is 10.6. The number of carbonyl (C=O) groups is 1. The molecule has 6 nitrogen and oxygen atoms in total. The standard InChI is InChI=1S/C26H26N4O2S/c1-16-13-18(14-26(2,3)29(16)4)27-24(31)17-9-11-19(12-10-17)30-25(32)21-15-33-22-8-6-5-7-20(22)23(21)28-30/h5-12,15,18H,1,13-14H2,2-4H3,(H,27,31). The van der Waals surface area contributed by atoms with Crippen LogP contribution >= 0.6 is 11.3 Å². The first kappa shape index (κ1) is 21.4. The summed E-state index contributed by atoms with van der Waals surface area (Å²) in [5.41, 5.74) is 3.29. The van der Waals surface area contributed by atoms with E-state index in [1.54, 1.807) is 24.3 Å². The highest BCUT2D eigenvalue weighted by Gasteiger charge is 2.34. The molecular weight excluding hydrogens is 432 g/mol. The maximum Gasteiger partial charge on any atom is 0.281 e. The third-order valence-electron chi connectivity index (χ3n) is 6.64. The number of fused-ring (bicyclic) bond motifs is 3. The maximum absolute atomic E-state index is 13.0. The van der Waals surface area contributed by atoms with Gasteiger partial charge in [-0.2, -0.15) is 9.78 Å². The molecule has 1 saturated heterocycles. The molecule has 168 valence electrons. The summed E-state index contributed by atoms with van der Waals surface area (Å²) >= 11 is 1.54. The summed E-state index contributed by atoms with van der Waals surface area (Å²) in [5.74, 6) is -0.125. The molecule has 7 heteroatoms. The molecule has 1 fully saturated rings. The number of amides is 1. The molecule has 5 rings (SSSR count). The normalized spacial score (nSPS) is 18.1. The summed E-state index contributed by atoms with van der Waals surface area (Å²) in [6.45, 7) is 8.46. The molecule has 3 heterocycles. The first-order chi connectivity index (χ1) is 15.7. The van der Waals surface area contributed by atoms with E-state index in [-0.39, 0.29) is 23.0 Å². The number of piperidine rings is 1. The van der Waals surface area contributed by atoms with Gasteiger partial charge >= 0.3 is 0 Å². The van der Waals surface area contributed by atoms with Crippen LogP contribution in [0.15, 0.2) is 71.0 Å². The van der Waals surface area contributed by atoms with Crippen molar-refractivity contribution < 1.29 is 4.79 Å². The number of likely N-dealkylation sites (tertiary alicyclic amines) is 1. The third kappa shape index (κ3) is 3.72. The predicted octanol–water partition coefficient (Wildman–Crippen LogP) is 4.67. The Morgan fingerprint density at radius 3 is 2.64 bits per heavy atom. The van der Waals surface area contributed by atoms with Crippen LogP contribution in [0.3, 0.4) is 0 Å². The fourth-order valence-electron chi connectivity index (χ4n) is 4.57. The summed E-state index contributed by atoms with van der Waals surface area (Å²) in [7, 11) is 2.05. The fourth-order valence-corrected chi connectivity index (χ4v) is 5.47. The number of carbonyl (C=O) groups excluding carboxylic acids is 1. The minimum atomic E-state index is -0.156. The van der Waals surface area contributed by atoms with Gasteiger partial charge in [-0.15, -0.1) is 11.3 Å². The van der Waals surface area contributed by atoms with E-state index in [0.717, 1.165) is 28.6 Å². The molecule has 0 saturated carbocycles. The van der Waals surface area contributed by atoms with Crippen molar-refractivity contribution in [3.05, 3.63) is 82.1 Å². The molecule has 0 aliphatic carbocycles. The molecule has 2 aromatic carbocycles. The lowest BCUT2D eigenvalue weighted by Crippen LogP contribution is -2.52. The Morgan fingerprint density at radius 1 is 1.18 bits per heavy atom. The topological polar surface area (TPSA) is 67.2 Å². The number of nitrogens with one attached hydrogen (secondary N) is 1. The van der Waals surface area contributed by atoms with Crippen LogP contribution in [-0.4, -0.2) is 39.2 Å². The van der Waals surface area contributed by atoms with Gasteiger partial charge in [0.2, 0.25) is 0 Å². The van der Waals surface area contributed by atoms with Gasteiger partial charge in [-0.05, 0) is 50.6 Å². The molecule has 0 bridgehead atoms. The average molecular weight is 459 g/mol. The first-order valence-electron chi connectivity index (χ1n) is 11.0. The van der Waals surface area contributed by atoms with Crippen LogP contribution in [0.2, 0.25) is 0 Å². The smallest absolute Gasteiger partial charge is 0.281 e. The quantitative estimate of drug-likeness (QED) is 0.485. The second kappa shape index (κ2) is 7.85. The molecule has 3 aliphatic rings. The van der Waals surface area contributed by atoms with E-state index in [9.17, 15) is 9.59 Å². The summed E-state index contributed by atoms with van der Waals surface area (Å²) in [6.07, 6.45) is 1.58. The molecule has 1 unspecified atom stereocenters. The van der Waals surface area contributed by atoms with E-state index >= 15 is 0 Å². The van der Waals surface area contributed by atoms with Crippen LogP contribution < -0.4 is 10.9 Å². The third-order valence-corrected chi connectivity index (χ3v) is 7.61. The van der Waals surface area contributed by atoms with Crippen molar-refractivity contribution in [2.75, 3.05) is 7.05 Å². The minimum absolute atomic E-state index is 0.0371. The van der Waals surface area contributed by atoms with Crippen LogP contribution in [0, 0.1) is 0 Å². The lowest BCUT2D eigenvalue weighted by Gasteiger charge is -2.46. The summed E-state index contributed by atoms with van der Waals surface area (Å²) < 4.78 is 2.50. The average Bonchev–Trinajstić information content (AvgIpc) is 3.14. The van der Waals surface area contributed by atoms with Crippen molar-refractivity contribution >= 4 is 27.3 Å². The van der Waals surface area contributed by atoms with E-state index in [4.69, 9.17) is 0 Å². The van der Waals surface area contributed by atoms with Crippen LogP contribution in [0.1, 0.15) is 37.0 Å². The highest BCUT2D eigenvalue weighted by atomic mass is 32.1. The van der Waals surface area contributed by atoms with Crippen LogP contribution in [-0.2, 0) is 0 Å². The first-order valence-corrected chi connectivity index (χ1v) is 11.8. The van der Waals surface area contributed by atoms with E-state index in [1.165, 1.54) is 16.0 Å². The van der Waals surface area contributed by atoms with Crippen molar-refractivity contribution in [2.24, 2.45) is 0 Å². The van der Waals surface area contributed by atoms with E-state index in [0.29, 0.717) is 22.5 Å². The number of nitrogens with zero attached hydrogens (tertiary/aromatic N) is 3. The molecular formula is C26H26N4O2S. The van der Waals surface area contributed by atoms with Crippen molar-refractivity contribution in [1.82, 2.24) is 20.0 Å². The Hall–Kier alpha value is -3.45. The number of aromatic nitrogens is 2. The van der Waals surface area contributed by atoms with Crippen molar-refractivity contribution in [2.45, 2.75) is 38.3 Å². The van der Waals surface area contributed by atoms with Gasteiger partial charge in [0.25, 0.3) is 11.5 Å². The zero-order valence-electron chi connectivity index (χ0n) is 19.0. The minimum Gasteiger partial charge on any atom is -0.373 e. The van der Waals surface area contributed by atoms with Gasteiger partial charge < -0.3 is 10.2 Å². The van der Waals surface area contributed by atoms with Gasteiger partial charge in [-0.1, -0.05) is 24.8 Å². The number of hydrogen-bond donors (Lipinski definition) is 1. The molecule has 0 spiro atoms. The van der Waals surface area contributed by atoms with Gasteiger partial charge in [0.1, 0.15) is 5.69 Å². The molecule has 1 amide bonds. The molecule has 33 heavy (non-hydrogen) atoms. The highest BCUT2D eigenvalue weighted by Crippen LogP contribution is 2.32. The highest BCUT2D eigenvalue weighted by molar-refractivity contribution is 7.17. The molecule has 0 radical (unpaired) electrons. The van der Waals surface area contributed by atoms with Crippen molar-refractivity contribution in [1.29, 1.82) is 0 Å². The largest absolute Gasteiger partial charge is 0.373 e. The monoisotopic (exact) mass is 458 g/mol. The lowest BCUT2D eigenvalue weighted by molar-refractivity contribution is 0.0867. The summed E-state index contributed by atoms with van der Waals surface area (Å²) in [4.78, 5) is 28.0. The number of rotatable bonds is 3. The Labute approximate surface area is 196 Å².